The maximum Gasteiger partial charge on any atom is 0.387 e. The lowest BCUT2D eigenvalue weighted by Gasteiger charge is -2.13. The van der Waals surface area contributed by atoms with Crippen molar-refractivity contribution in [1.82, 2.24) is 0 Å². The van der Waals surface area contributed by atoms with Crippen LogP contribution in [-0.2, 0) is 4.79 Å². The Morgan fingerprint density at radius 1 is 1.45 bits per heavy atom. The van der Waals surface area contributed by atoms with E-state index in [1.165, 1.54) is 18.2 Å². The van der Waals surface area contributed by atoms with Gasteiger partial charge in [-0.15, -0.1) is 6.58 Å². The number of carbonyl (C=O) groups is 1. The lowest BCUT2D eigenvalue weighted by molar-refractivity contribution is -0.117. The van der Waals surface area contributed by atoms with E-state index in [1.54, 1.807) is 0 Å². The molecule has 0 bridgehead atoms. The van der Waals surface area contributed by atoms with Crippen LogP contribution < -0.4 is 15.8 Å². The maximum absolute atomic E-state index is 12.1. The number of alkyl halides is 2. The van der Waals surface area contributed by atoms with Crippen LogP contribution in [0.1, 0.15) is 6.42 Å². The third-order valence-electron chi connectivity index (χ3n) is 2.23. The van der Waals surface area contributed by atoms with Gasteiger partial charge < -0.3 is 15.8 Å². The average Bonchev–Trinajstić information content (AvgIpc) is 2.34. The summed E-state index contributed by atoms with van der Waals surface area (Å²) in [5.41, 5.74) is 5.80. The monoisotopic (exact) mass is 324 g/mol. The number of ether oxygens (including phenoxy) is 1. The highest BCUT2D eigenvalue weighted by Crippen LogP contribution is 2.36. The summed E-state index contributed by atoms with van der Waals surface area (Å²) in [5.74, 6) is -0.823. The second-order valence-electron chi connectivity index (χ2n) is 3.77. The number of anilines is 1. The van der Waals surface area contributed by atoms with Crippen molar-refractivity contribution in [2.45, 2.75) is 19.1 Å². The zero-order valence-corrected chi connectivity index (χ0v) is 11.7. The topological polar surface area (TPSA) is 64.4 Å². The summed E-state index contributed by atoms with van der Waals surface area (Å²) in [7, 11) is 0. The molecule has 0 saturated heterocycles. The smallest absolute Gasteiger partial charge is 0.387 e. The van der Waals surface area contributed by atoms with Gasteiger partial charge in [0.1, 0.15) is 0 Å². The Balaban J connectivity index is 2.88. The van der Waals surface area contributed by atoms with Gasteiger partial charge in [0.2, 0.25) is 5.91 Å². The molecule has 1 amide bonds. The van der Waals surface area contributed by atoms with Crippen LogP contribution in [0.2, 0.25) is 10.0 Å². The second-order valence-corrected chi connectivity index (χ2v) is 4.58. The largest absolute Gasteiger partial charge is 0.432 e. The number of hydrogen-bond donors (Lipinski definition) is 2. The van der Waals surface area contributed by atoms with Crippen molar-refractivity contribution >= 4 is 34.8 Å². The van der Waals surface area contributed by atoms with Gasteiger partial charge >= 0.3 is 6.61 Å². The van der Waals surface area contributed by atoms with E-state index in [0.29, 0.717) is 6.42 Å². The van der Waals surface area contributed by atoms with Crippen LogP contribution in [0.4, 0.5) is 14.5 Å². The molecule has 3 N–H and O–H groups in total. The number of halogens is 4. The maximum atomic E-state index is 12.1. The molecule has 4 nitrogen and oxygen atoms in total. The summed E-state index contributed by atoms with van der Waals surface area (Å²) in [4.78, 5) is 11.7. The van der Waals surface area contributed by atoms with Gasteiger partial charge in [0.15, 0.2) is 5.75 Å². The zero-order chi connectivity index (χ0) is 15.3. The Labute approximate surface area is 124 Å². The first-order valence-corrected chi connectivity index (χ1v) is 6.22. The fraction of sp³-hybridized carbons (Fsp3) is 0.250. The van der Waals surface area contributed by atoms with Crippen LogP contribution in [-0.4, -0.2) is 18.6 Å². The molecule has 1 aromatic carbocycles. The van der Waals surface area contributed by atoms with E-state index in [0.717, 1.165) is 0 Å². The molecular formula is C12H12Cl2F2N2O2. The lowest BCUT2D eigenvalue weighted by Crippen LogP contribution is -2.35. The van der Waals surface area contributed by atoms with Gasteiger partial charge in [-0.25, -0.2) is 0 Å². The average molecular weight is 325 g/mol. The fourth-order valence-electron chi connectivity index (χ4n) is 1.36. The molecule has 0 saturated carbocycles. The van der Waals surface area contributed by atoms with Crippen LogP contribution in [0, 0.1) is 0 Å². The molecule has 20 heavy (non-hydrogen) atoms. The third-order valence-corrected chi connectivity index (χ3v) is 2.79. The molecule has 8 heteroatoms. The SMILES string of the molecule is C=CCC(N)C(=O)Nc1cc(Cl)c(OC(F)F)c(Cl)c1. The molecule has 0 aliphatic carbocycles. The molecule has 1 rings (SSSR count). The Morgan fingerprint density at radius 3 is 2.45 bits per heavy atom. The van der Waals surface area contributed by atoms with Crippen LogP contribution in [0.3, 0.4) is 0 Å². The van der Waals surface area contributed by atoms with Crippen molar-refractivity contribution in [2.24, 2.45) is 5.73 Å². The van der Waals surface area contributed by atoms with Gasteiger partial charge in [-0.05, 0) is 18.6 Å². The molecule has 0 radical (unpaired) electrons. The van der Waals surface area contributed by atoms with Crippen molar-refractivity contribution in [1.29, 1.82) is 0 Å². The van der Waals surface area contributed by atoms with E-state index in [4.69, 9.17) is 28.9 Å². The molecule has 1 unspecified atom stereocenters. The molecule has 110 valence electrons. The number of carbonyl (C=O) groups excluding carboxylic acids is 1. The Morgan fingerprint density at radius 2 is 2.00 bits per heavy atom. The summed E-state index contributed by atoms with van der Waals surface area (Å²) in [6.07, 6.45) is 1.80. The molecule has 0 aliphatic heterocycles. The van der Waals surface area contributed by atoms with Crippen LogP contribution in [0.25, 0.3) is 0 Å². The lowest BCUT2D eigenvalue weighted by atomic mass is 10.2. The highest BCUT2D eigenvalue weighted by molar-refractivity contribution is 6.37. The van der Waals surface area contributed by atoms with Gasteiger partial charge in [0.05, 0.1) is 16.1 Å². The van der Waals surface area contributed by atoms with E-state index >= 15 is 0 Å². The predicted molar refractivity (Wildman–Crippen MR) is 74.5 cm³/mol. The van der Waals surface area contributed by atoms with Gasteiger partial charge in [0, 0.05) is 5.69 Å². The van der Waals surface area contributed by atoms with Crippen molar-refractivity contribution in [3.05, 3.63) is 34.8 Å². The molecule has 0 aromatic heterocycles. The summed E-state index contributed by atoms with van der Waals surface area (Å²) in [5, 5.41) is 2.17. The predicted octanol–water partition coefficient (Wildman–Crippen LogP) is 3.44. The van der Waals surface area contributed by atoms with E-state index in [9.17, 15) is 13.6 Å². The molecule has 0 fully saturated rings. The molecule has 0 spiro atoms. The summed E-state index contributed by atoms with van der Waals surface area (Å²) in [6, 6.07) is 1.70. The van der Waals surface area contributed by atoms with Crippen molar-refractivity contribution in [2.75, 3.05) is 5.32 Å². The zero-order valence-electron chi connectivity index (χ0n) is 10.2. The van der Waals surface area contributed by atoms with Crippen LogP contribution in [0.5, 0.6) is 5.75 Å². The fourth-order valence-corrected chi connectivity index (χ4v) is 1.93. The molecular weight excluding hydrogens is 313 g/mol. The first-order chi connectivity index (χ1) is 9.35. The highest BCUT2D eigenvalue weighted by atomic mass is 35.5. The number of nitrogens with one attached hydrogen (secondary N) is 1. The Bertz CT molecular complexity index is 489. The van der Waals surface area contributed by atoms with E-state index in [1.807, 2.05) is 0 Å². The summed E-state index contributed by atoms with van der Waals surface area (Å²) < 4.78 is 28.5. The third kappa shape index (κ3) is 4.63. The van der Waals surface area contributed by atoms with Gasteiger partial charge in [0.25, 0.3) is 0 Å². The minimum atomic E-state index is -3.05. The molecule has 1 atom stereocenters. The minimum absolute atomic E-state index is 0.148. The number of benzene rings is 1. The van der Waals surface area contributed by atoms with Crippen molar-refractivity contribution in [3.63, 3.8) is 0 Å². The standard InChI is InChI=1S/C12H12Cl2F2N2O2/c1-2-3-9(17)11(19)18-6-4-7(13)10(8(14)5-6)20-12(15)16/h2,4-5,9,12H,1,3,17H2,(H,18,19). The quantitative estimate of drug-likeness (QED) is 0.788. The number of hydrogen-bond acceptors (Lipinski definition) is 3. The van der Waals surface area contributed by atoms with Gasteiger partial charge in [-0.1, -0.05) is 29.3 Å². The number of amides is 1. The summed E-state index contributed by atoms with van der Waals surface area (Å²) in [6.45, 7) is 0.418. The normalized spacial score (nSPS) is 12.1. The molecule has 0 heterocycles. The highest BCUT2D eigenvalue weighted by Gasteiger charge is 2.17. The van der Waals surface area contributed by atoms with E-state index in [2.05, 4.69) is 16.6 Å². The number of rotatable bonds is 6. The van der Waals surface area contributed by atoms with Gasteiger partial charge in [-0.3, -0.25) is 4.79 Å². The van der Waals surface area contributed by atoms with Crippen molar-refractivity contribution < 1.29 is 18.3 Å². The van der Waals surface area contributed by atoms with E-state index < -0.39 is 18.6 Å². The summed E-state index contributed by atoms with van der Waals surface area (Å²) >= 11 is 11.5. The van der Waals surface area contributed by atoms with Crippen LogP contribution >= 0.6 is 23.2 Å². The van der Waals surface area contributed by atoms with Crippen LogP contribution in [0.15, 0.2) is 24.8 Å². The molecule has 0 aliphatic rings. The first kappa shape index (κ1) is 16.7. The van der Waals surface area contributed by atoms with Crippen molar-refractivity contribution in [3.8, 4) is 5.75 Å². The number of nitrogens with two attached hydrogens (primary N) is 1. The van der Waals surface area contributed by atoms with E-state index in [-0.39, 0.29) is 21.5 Å². The second kappa shape index (κ2) is 7.42. The minimum Gasteiger partial charge on any atom is -0.432 e. The molecule has 1 aromatic rings. The van der Waals surface area contributed by atoms with Gasteiger partial charge in [-0.2, -0.15) is 8.78 Å². The Hall–Kier alpha value is -1.37. The Kier molecular flexibility index (Phi) is 6.19. The first-order valence-electron chi connectivity index (χ1n) is 5.46.